The topological polar surface area (TPSA) is 95.9 Å². The van der Waals surface area contributed by atoms with E-state index in [4.69, 9.17) is 4.74 Å². The third kappa shape index (κ3) is 6.28. The number of hydrogen-bond donors (Lipinski definition) is 2. The summed E-state index contributed by atoms with van der Waals surface area (Å²) in [4.78, 5) is 35.9. The lowest BCUT2D eigenvalue weighted by molar-refractivity contribution is -0.149. The van der Waals surface area contributed by atoms with Gasteiger partial charge in [0.2, 0.25) is 11.8 Å². The number of ether oxygens (including phenoxy) is 1. The number of carboxylic acids is 1. The van der Waals surface area contributed by atoms with E-state index in [9.17, 15) is 19.5 Å². The summed E-state index contributed by atoms with van der Waals surface area (Å²) in [6.07, 6.45) is 0.0874. The zero-order chi connectivity index (χ0) is 18.1. The van der Waals surface area contributed by atoms with E-state index in [1.165, 1.54) is 18.7 Å². The maximum atomic E-state index is 12.5. The first-order valence-electron chi connectivity index (χ1n) is 7.83. The number of carboxylic acid groups (broad SMARTS) is 1. The Morgan fingerprint density at radius 1 is 1.25 bits per heavy atom. The second kappa shape index (κ2) is 9.54. The molecule has 0 aliphatic heterocycles. The van der Waals surface area contributed by atoms with Crippen molar-refractivity contribution < 1.29 is 24.2 Å². The Morgan fingerprint density at radius 3 is 2.38 bits per heavy atom. The van der Waals surface area contributed by atoms with Crippen molar-refractivity contribution in [1.29, 1.82) is 0 Å². The maximum absolute atomic E-state index is 12.5. The summed E-state index contributed by atoms with van der Waals surface area (Å²) in [5, 5.41) is 11.7. The number of benzene rings is 1. The summed E-state index contributed by atoms with van der Waals surface area (Å²) in [5.41, 5.74) is 0.769. The molecular formula is C17H24N2O5. The molecule has 0 aromatic heterocycles. The van der Waals surface area contributed by atoms with Gasteiger partial charge >= 0.3 is 5.97 Å². The van der Waals surface area contributed by atoms with E-state index in [0.29, 0.717) is 6.61 Å². The molecule has 132 valence electrons. The summed E-state index contributed by atoms with van der Waals surface area (Å²) < 4.78 is 5.35. The van der Waals surface area contributed by atoms with E-state index in [0.717, 1.165) is 11.3 Å². The van der Waals surface area contributed by atoms with Gasteiger partial charge in [0, 0.05) is 20.0 Å². The molecule has 0 saturated carbocycles. The van der Waals surface area contributed by atoms with Gasteiger partial charge in [0.25, 0.3) is 0 Å². The Bertz CT molecular complexity index is 571. The molecule has 0 aliphatic rings. The molecule has 1 atom stereocenters. The smallest absolute Gasteiger partial charge is 0.326 e. The maximum Gasteiger partial charge on any atom is 0.326 e. The third-order valence-corrected chi connectivity index (χ3v) is 3.46. The van der Waals surface area contributed by atoms with Gasteiger partial charge in [-0.05, 0) is 31.5 Å². The SMILES string of the molecule is CCOc1ccc(CC(=O)N(CCNC(C)=O)C(C)C(=O)O)cc1. The summed E-state index contributed by atoms with van der Waals surface area (Å²) in [6, 6.07) is 6.14. The van der Waals surface area contributed by atoms with Crippen LogP contribution in [-0.4, -0.2) is 53.5 Å². The minimum Gasteiger partial charge on any atom is -0.494 e. The quantitative estimate of drug-likeness (QED) is 0.703. The number of carbonyl (C=O) groups is 3. The number of hydrogen-bond acceptors (Lipinski definition) is 4. The van der Waals surface area contributed by atoms with E-state index in [1.807, 2.05) is 6.92 Å². The van der Waals surface area contributed by atoms with Crippen molar-refractivity contribution in [2.75, 3.05) is 19.7 Å². The standard InChI is InChI=1S/C17H24N2O5/c1-4-24-15-7-5-14(6-8-15)11-16(21)19(12(2)17(22)23)10-9-18-13(3)20/h5-8,12H,4,9-11H2,1-3H3,(H,18,20)(H,22,23). The Balaban J connectivity index is 2.75. The van der Waals surface area contributed by atoms with Gasteiger partial charge in [0.15, 0.2) is 0 Å². The number of nitrogens with one attached hydrogen (secondary N) is 1. The van der Waals surface area contributed by atoms with E-state index in [-0.39, 0.29) is 31.3 Å². The van der Waals surface area contributed by atoms with Gasteiger partial charge < -0.3 is 20.1 Å². The van der Waals surface area contributed by atoms with Crippen molar-refractivity contribution in [3.63, 3.8) is 0 Å². The van der Waals surface area contributed by atoms with Crippen LogP contribution in [0.25, 0.3) is 0 Å². The Labute approximate surface area is 141 Å². The van der Waals surface area contributed by atoms with Crippen molar-refractivity contribution in [3.8, 4) is 5.75 Å². The number of rotatable bonds is 9. The molecule has 0 saturated heterocycles. The van der Waals surface area contributed by atoms with Crippen LogP contribution in [0.2, 0.25) is 0 Å². The lowest BCUT2D eigenvalue weighted by atomic mass is 10.1. The largest absolute Gasteiger partial charge is 0.494 e. The Hall–Kier alpha value is -2.57. The predicted octanol–water partition coefficient (Wildman–Crippen LogP) is 1.07. The second-order valence-electron chi connectivity index (χ2n) is 5.34. The molecule has 1 aromatic rings. The van der Waals surface area contributed by atoms with Crippen LogP contribution in [-0.2, 0) is 20.8 Å². The fourth-order valence-corrected chi connectivity index (χ4v) is 2.17. The van der Waals surface area contributed by atoms with Gasteiger partial charge in [0.1, 0.15) is 11.8 Å². The molecule has 0 heterocycles. The molecule has 0 bridgehead atoms. The molecule has 7 nitrogen and oxygen atoms in total. The van der Waals surface area contributed by atoms with Crippen molar-refractivity contribution >= 4 is 17.8 Å². The minimum absolute atomic E-state index is 0.0874. The predicted molar refractivity (Wildman–Crippen MR) is 88.8 cm³/mol. The van der Waals surface area contributed by atoms with Crippen molar-refractivity contribution in [1.82, 2.24) is 10.2 Å². The van der Waals surface area contributed by atoms with Gasteiger partial charge in [-0.2, -0.15) is 0 Å². The van der Waals surface area contributed by atoms with Gasteiger partial charge in [-0.1, -0.05) is 12.1 Å². The number of amides is 2. The molecule has 0 radical (unpaired) electrons. The van der Waals surface area contributed by atoms with Gasteiger partial charge in [0.05, 0.1) is 13.0 Å². The lowest BCUT2D eigenvalue weighted by Crippen LogP contribution is -2.47. The number of carbonyl (C=O) groups excluding carboxylic acids is 2. The molecule has 2 N–H and O–H groups in total. The van der Waals surface area contributed by atoms with Crippen LogP contribution in [0.15, 0.2) is 24.3 Å². The highest BCUT2D eigenvalue weighted by atomic mass is 16.5. The Kier molecular flexibility index (Phi) is 7.74. The molecule has 0 fully saturated rings. The first kappa shape index (κ1) is 19.5. The number of aliphatic carboxylic acids is 1. The fraction of sp³-hybridized carbons (Fsp3) is 0.471. The average molecular weight is 336 g/mol. The van der Waals surface area contributed by atoms with Crippen LogP contribution in [0.1, 0.15) is 26.3 Å². The molecule has 2 amide bonds. The third-order valence-electron chi connectivity index (χ3n) is 3.46. The molecule has 0 spiro atoms. The van der Waals surface area contributed by atoms with E-state index in [2.05, 4.69) is 5.32 Å². The van der Waals surface area contributed by atoms with Gasteiger partial charge in [-0.25, -0.2) is 4.79 Å². The fourth-order valence-electron chi connectivity index (χ4n) is 2.17. The van der Waals surface area contributed by atoms with Crippen LogP contribution in [0.5, 0.6) is 5.75 Å². The molecule has 0 aliphatic carbocycles. The molecule has 24 heavy (non-hydrogen) atoms. The van der Waals surface area contributed by atoms with Crippen LogP contribution in [0, 0.1) is 0 Å². The highest BCUT2D eigenvalue weighted by Crippen LogP contribution is 2.14. The van der Waals surface area contributed by atoms with Crippen molar-refractivity contribution in [2.24, 2.45) is 0 Å². The molecule has 1 rings (SSSR count). The number of nitrogens with zero attached hydrogens (tertiary/aromatic N) is 1. The summed E-state index contributed by atoms with van der Waals surface area (Å²) in [7, 11) is 0. The van der Waals surface area contributed by atoms with E-state index >= 15 is 0 Å². The first-order chi connectivity index (χ1) is 11.3. The molecule has 1 unspecified atom stereocenters. The highest BCUT2D eigenvalue weighted by Gasteiger charge is 2.25. The summed E-state index contributed by atoms with van der Waals surface area (Å²) in [5.74, 6) is -0.899. The zero-order valence-electron chi connectivity index (χ0n) is 14.2. The van der Waals surface area contributed by atoms with E-state index < -0.39 is 12.0 Å². The summed E-state index contributed by atoms with van der Waals surface area (Å²) in [6.45, 7) is 5.62. The van der Waals surface area contributed by atoms with Gasteiger partial charge in [-0.3, -0.25) is 9.59 Å². The minimum atomic E-state index is -1.09. The molecule has 1 aromatic carbocycles. The highest BCUT2D eigenvalue weighted by molar-refractivity contribution is 5.84. The molecular weight excluding hydrogens is 312 g/mol. The zero-order valence-corrected chi connectivity index (χ0v) is 14.2. The normalized spacial score (nSPS) is 11.5. The van der Waals surface area contributed by atoms with Crippen LogP contribution in [0.3, 0.4) is 0 Å². The van der Waals surface area contributed by atoms with Crippen LogP contribution >= 0.6 is 0 Å². The second-order valence-corrected chi connectivity index (χ2v) is 5.34. The van der Waals surface area contributed by atoms with Crippen molar-refractivity contribution in [3.05, 3.63) is 29.8 Å². The van der Waals surface area contributed by atoms with Crippen LogP contribution in [0.4, 0.5) is 0 Å². The first-order valence-corrected chi connectivity index (χ1v) is 7.83. The molecule has 7 heteroatoms. The van der Waals surface area contributed by atoms with Crippen molar-refractivity contribution in [2.45, 2.75) is 33.2 Å². The summed E-state index contributed by atoms with van der Waals surface area (Å²) >= 11 is 0. The average Bonchev–Trinajstić information content (AvgIpc) is 2.52. The Morgan fingerprint density at radius 2 is 1.88 bits per heavy atom. The van der Waals surface area contributed by atoms with Crippen LogP contribution < -0.4 is 10.1 Å². The monoisotopic (exact) mass is 336 g/mol. The van der Waals surface area contributed by atoms with Gasteiger partial charge in [-0.15, -0.1) is 0 Å². The lowest BCUT2D eigenvalue weighted by Gasteiger charge is -2.26. The van der Waals surface area contributed by atoms with E-state index in [1.54, 1.807) is 24.3 Å².